The van der Waals surface area contributed by atoms with E-state index >= 15 is 0 Å². The molecule has 0 aliphatic rings. The second-order valence-electron chi connectivity index (χ2n) is 2.23. The molecule has 0 aliphatic carbocycles. The standard InChI is InChI=1S/C7H8ClNO/c1-5-3-4-9(2)7(10)6(5)8/h3-4H,1-2H3. The maximum absolute atomic E-state index is 11.0. The Morgan fingerprint density at radius 2 is 2.20 bits per heavy atom. The molecule has 0 amide bonds. The van der Waals surface area contributed by atoms with Crippen molar-refractivity contribution in [1.82, 2.24) is 4.57 Å². The fourth-order valence-electron chi connectivity index (χ4n) is 0.688. The van der Waals surface area contributed by atoms with Crippen molar-refractivity contribution in [3.63, 3.8) is 0 Å². The number of pyridine rings is 1. The third kappa shape index (κ3) is 1.07. The Hall–Kier alpha value is -0.760. The van der Waals surface area contributed by atoms with Crippen LogP contribution in [0.25, 0.3) is 0 Å². The van der Waals surface area contributed by atoms with E-state index < -0.39 is 0 Å². The maximum atomic E-state index is 11.0. The molecule has 2 nitrogen and oxygen atoms in total. The number of hydrogen-bond donors (Lipinski definition) is 0. The largest absolute Gasteiger partial charge is 0.317 e. The number of halogens is 1. The van der Waals surface area contributed by atoms with Gasteiger partial charge in [0.15, 0.2) is 0 Å². The van der Waals surface area contributed by atoms with Crippen LogP contribution >= 0.6 is 11.6 Å². The maximum Gasteiger partial charge on any atom is 0.269 e. The number of hydrogen-bond acceptors (Lipinski definition) is 1. The van der Waals surface area contributed by atoms with E-state index in [1.165, 1.54) is 4.57 Å². The van der Waals surface area contributed by atoms with E-state index in [0.717, 1.165) is 5.56 Å². The van der Waals surface area contributed by atoms with Crippen molar-refractivity contribution in [2.45, 2.75) is 6.92 Å². The summed E-state index contributed by atoms with van der Waals surface area (Å²) in [6.07, 6.45) is 1.70. The number of rotatable bonds is 0. The Labute approximate surface area is 64.1 Å². The van der Waals surface area contributed by atoms with Crippen LogP contribution in [-0.4, -0.2) is 4.57 Å². The fourth-order valence-corrected chi connectivity index (χ4v) is 0.884. The highest BCUT2D eigenvalue weighted by Gasteiger charge is 1.99. The molecule has 0 radical (unpaired) electrons. The summed E-state index contributed by atoms with van der Waals surface area (Å²) in [4.78, 5) is 11.0. The summed E-state index contributed by atoms with van der Waals surface area (Å²) in [6, 6.07) is 1.81. The summed E-state index contributed by atoms with van der Waals surface area (Å²) < 4.78 is 1.45. The molecule has 0 spiro atoms. The predicted octanol–water partition coefficient (Wildman–Crippen LogP) is 1.35. The van der Waals surface area contributed by atoms with Crippen molar-refractivity contribution < 1.29 is 0 Å². The number of aromatic nitrogens is 1. The molecule has 10 heavy (non-hydrogen) atoms. The Bertz CT molecular complexity index is 303. The molecule has 0 aliphatic heterocycles. The van der Waals surface area contributed by atoms with E-state index in [9.17, 15) is 4.79 Å². The summed E-state index contributed by atoms with van der Waals surface area (Å²) in [6.45, 7) is 1.81. The molecule has 3 heteroatoms. The van der Waals surface area contributed by atoms with Crippen molar-refractivity contribution in [2.75, 3.05) is 0 Å². The first-order chi connectivity index (χ1) is 4.63. The van der Waals surface area contributed by atoms with Gasteiger partial charge in [-0.1, -0.05) is 11.6 Å². The molecule has 0 fully saturated rings. The van der Waals surface area contributed by atoms with Crippen LogP contribution < -0.4 is 5.56 Å². The van der Waals surface area contributed by atoms with Gasteiger partial charge >= 0.3 is 0 Å². The average molecular weight is 158 g/mol. The Balaban J connectivity index is 3.50. The van der Waals surface area contributed by atoms with Crippen LogP contribution in [0.2, 0.25) is 5.02 Å². The Morgan fingerprint density at radius 3 is 2.70 bits per heavy atom. The zero-order valence-corrected chi connectivity index (χ0v) is 6.64. The summed E-state index contributed by atoms with van der Waals surface area (Å²) in [5.41, 5.74) is 0.687. The van der Waals surface area contributed by atoms with Crippen LogP contribution in [0.1, 0.15) is 5.56 Å². The summed E-state index contributed by atoms with van der Waals surface area (Å²) in [5, 5.41) is 0.310. The van der Waals surface area contributed by atoms with Crippen LogP contribution in [0.4, 0.5) is 0 Å². The Morgan fingerprint density at radius 1 is 1.60 bits per heavy atom. The molecular formula is C7H8ClNO. The number of nitrogens with zero attached hydrogens (tertiary/aromatic N) is 1. The molecule has 1 heterocycles. The van der Waals surface area contributed by atoms with E-state index in [-0.39, 0.29) is 5.56 Å². The smallest absolute Gasteiger partial charge is 0.269 e. The molecule has 54 valence electrons. The van der Waals surface area contributed by atoms with Crippen LogP contribution in [0.15, 0.2) is 17.1 Å². The van der Waals surface area contributed by atoms with E-state index in [1.807, 2.05) is 13.0 Å². The lowest BCUT2D eigenvalue weighted by molar-refractivity contribution is 0.856. The van der Waals surface area contributed by atoms with Gasteiger partial charge in [-0.05, 0) is 18.6 Å². The van der Waals surface area contributed by atoms with Gasteiger partial charge < -0.3 is 4.57 Å². The molecule has 0 bridgehead atoms. The molecule has 0 atom stereocenters. The van der Waals surface area contributed by atoms with Crippen molar-refractivity contribution in [3.8, 4) is 0 Å². The second-order valence-corrected chi connectivity index (χ2v) is 2.61. The molecule has 1 aromatic rings. The second kappa shape index (κ2) is 2.46. The molecule has 1 aromatic heterocycles. The van der Waals surface area contributed by atoms with Gasteiger partial charge in [-0.2, -0.15) is 0 Å². The topological polar surface area (TPSA) is 22.0 Å². The quantitative estimate of drug-likeness (QED) is 0.557. The average Bonchev–Trinajstić information content (AvgIpc) is 1.93. The van der Waals surface area contributed by atoms with Crippen LogP contribution in [0.3, 0.4) is 0 Å². The van der Waals surface area contributed by atoms with E-state index in [1.54, 1.807) is 13.2 Å². The summed E-state index contributed by atoms with van der Waals surface area (Å²) in [5.74, 6) is 0. The minimum atomic E-state index is -0.137. The Kier molecular flexibility index (Phi) is 1.81. The van der Waals surface area contributed by atoms with Crippen molar-refractivity contribution in [3.05, 3.63) is 33.2 Å². The SMILES string of the molecule is Cc1ccn(C)c(=O)c1Cl. The van der Waals surface area contributed by atoms with Gasteiger partial charge in [-0.3, -0.25) is 4.79 Å². The minimum absolute atomic E-state index is 0.137. The lowest BCUT2D eigenvalue weighted by Gasteiger charge is -1.98. The van der Waals surface area contributed by atoms with Gasteiger partial charge in [-0.15, -0.1) is 0 Å². The van der Waals surface area contributed by atoms with E-state index in [2.05, 4.69) is 0 Å². The fraction of sp³-hybridized carbons (Fsp3) is 0.286. The predicted molar refractivity (Wildman–Crippen MR) is 41.4 cm³/mol. The van der Waals surface area contributed by atoms with Gasteiger partial charge in [0.05, 0.1) is 0 Å². The first-order valence-corrected chi connectivity index (χ1v) is 3.32. The van der Waals surface area contributed by atoms with Crippen LogP contribution in [0, 0.1) is 6.92 Å². The number of aryl methyl sites for hydroxylation is 2. The normalized spacial score (nSPS) is 9.90. The highest BCUT2D eigenvalue weighted by atomic mass is 35.5. The summed E-state index contributed by atoms with van der Waals surface area (Å²) >= 11 is 5.65. The van der Waals surface area contributed by atoms with E-state index in [0.29, 0.717) is 5.02 Å². The van der Waals surface area contributed by atoms with Gasteiger partial charge in [-0.25, -0.2) is 0 Å². The monoisotopic (exact) mass is 157 g/mol. The van der Waals surface area contributed by atoms with Crippen LogP contribution in [0.5, 0.6) is 0 Å². The first kappa shape index (κ1) is 7.35. The van der Waals surface area contributed by atoms with Crippen molar-refractivity contribution >= 4 is 11.6 Å². The zero-order valence-electron chi connectivity index (χ0n) is 5.89. The van der Waals surface area contributed by atoms with Gasteiger partial charge in [0, 0.05) is 13.2 Å². The highest BCUT2D eigenvalue weighted by Crippen LogP contribution is 2.06. The molecular weight excluding hydrogens is 150 g/mol. The van der Waals surface area contributed by atoms with E-state index in [4.69, 9.17) is 11.6 Å². The lowest BCUT2D eigenvalue weighted by atomic mass is 10.3. The minimum Gasteiger partial charge on any atom is -0.317 e. The molecule has 1 rings (SSSR count). The van der Waals surface area contributed by atoms with Gasteiger partial charge in [0.1, 0.15) is 5.02 Å². The first-order valence-electron chi connectivity index (χ1n) is 2.94. The van der Waals surface area contributed by atoms with Gasteiger partial charge in [0.25, 0.3) is 5.56 Å². The third-order valence-corrected chi connectivity index (χ3v) is 1.86. The third-order valence-electron chi connectivity index (χ3n) is 1.40. The van der Waals surface area contributed by atoms with Crippen LogP contribution in [-0.2, 0) is 7.05 Å². The highest BCUT2D eigenvalue weighted by molar-refractivity contribution is 6.31. The van der Waals surface area contributed by atoms with Gasteiger partial charge in [0.2, 0.25) is 0 Å². The van der Waals surface area contributed by atoms with Crippen molar-refractivity contribution in [1.29, 1.82) is 0 Å². The molecule has 0 saturated heterocycles. The zero-order chi connectivity index (χ0) is 7.72. The molecule has 0 saturated carbocycles. The molecule has 0 aromatic carbocycles. The molecule has 0 unspecified atom stereocenters. The summed E-state index contributed by atoms with van der Waals surface area (Å²) in [7, 11) is 1.67. The molecule has 0 N–H and O–H groups in total. The van der Waals surface area contributed by atoms with Crippen molar-refractivity contribution in [2.24, 2.45) is 7.05 Å². The lowest BCUT2D eigenvalue weighted by Crippen LogP contribution is -2.16.